The zero-order valence-electron chi connectivity index (χ0n) is 7.77. The van der Waals surface area contributed by atoms with E-state index in [2.05, 4.69) is 6.58 Å². The van der Waals surface area contributed by atoms with Crippen LogP contribution in [0.2, 0.25) is 0 Å². The number of carboxylic acid groups (broad SMARTS) is 1. The zero-order valence-corrected chi connectivity index (χ0v) is 7.77. The molecule has 0 bridgehead atoms. The van der Waals surface area contributed by atoms with Crippen molar-refractivity contribution in [3.8, 4) is 0 Å². The zero-order chi connectivity index (χ0) is 10.4. The number of hydrogen-bond acceptors (Lipinski definition) is 2. The number of carboxylic acids is 1. The van der Waals surface area contributed by atoms with E-state index in [-0.39, 0.29) is 5.57 Å². The highest BCUT2D eigenvalue weighted by atomic mass is 16.4. The topological polar surface area (TPSA) is 40.1 Å². The van der Waals surface area contributed by atoms with Gasteiger partial charge in [0.1, 0.15) is 0 Å². The van der Waals surface area contributed by atoms with Crippen molar-refractivity contribution in [3.63, 3.8) is 0 Å². The van der Waals surface area contributed by atoms with Gasteiger partial charge in [-0.05, 0) is 23.6 Å². The number of rotatable bonds is 4. The minimum atomic E-state index is -1.14. The summed E-state index contributed by atoms with van der Waals surface area (Å²) in [5.41, 5.74) is 1.10. The van der Waals surface area contributed by atoms with Crippen molar-refractivity contribution in [3.05, 3.63) is 54.1 Å². The first kappa shape index (κ1) is 10.3. The minimum absolute atomic E-state index is 0.242. The highest BCUT2D eigenvalue weighted by Gasteiger charge is 1.95. The van der Waals surface area contributed by atoms with Crippen LogP contribution in [0.4, 0.5) is 0 Å². The number of hydrogen-bond donors (Lipinski definition) is 0. The summed E-state index contributed by atoms with van der Waals surface area (Å²) >= 11 is 0. The number of carbonyl (C=O) groups is 1. The number of carbonyl (C=O) groups excluding carboxylic acids is 1. The van der Waals surface area contributed by atoms with E-state index in [1.807, 2.05) is 30.3 Å². The van der Waals surface area contributed by atoms with Crippen LogP contribution in [0.3, 0.4) is 0 Å². The fraction of sp³-hybridized carbons (Fsp3) is 0.0833. The SMILES string of the molecule is C=CC/C(=C\c1ccccc1)C(=O)[O-]. The van der Waals surface area contributed by atoms with E-state index in [0.717, 1.165) is 5.56 Å². The number of benzene rings is 1. The molecule has 0 atom stereocenters. The van der Waals surface area contributed by atoms with Crippen molar-refractivity contribution >= 4 is 12.0 Å². The molecule has 0 aliphatic heterocycles. The van der Waals surface area contributed by atoms with E-state index >= 15 is 0 Å². The molecule has 1 rings (SSSR count). The second-order valence-corrected chi connectivity index (χ2v) is 2.86. The molecule has 0 saturated heterocycles. The number of allylic oxidation sites excluding steroid dienone is 1. The Bertz CT molecular complexity index is 350. The van der Waals surface area contributed by atoms with E-state index in [4.69, 9.17) is 0 Å². The lowest BCUT2D eigenvalue weighted by atomic mass is 10.1. The van der Waals surface area contributed by atoms with Gasteiger partial charge in [0.05, 0.1) is 5.97 Å². The Balaban J connectivity index is 2.93. The average molecular weight is 187 g/mol. The normalized spacial score (nSPS) is 11.0. The molecule has 1 aromatic rings. The van der Waals surface area contributed by atoms with Gasteiger partial charge in [-0.15, -0.1) is 6.58 Å². The third kappa shape index (κ3) is 2.90. The van der Waals surface area contributed by atoms with Crippen LogP contribution in [0.15, 0.2) is 48.6 Å². The van der Waals surface area contributed by atoms with Crippen LogP contribution in [0.5, 0.6) is 0 Å². The van der Waals surface area contributed by atoms with Gasteiger partial charge in [0.25, 0.3) is 0 Å². The van der Waals surface area contributed by atoms with Gasteiger partial charge in [-0.25, -0.2) is 0 Å². The van der Waals surface area contributed by atoms with E-state index in [9.17, 15) is 9.90 Å². The van der Waals surface area contributed by atoms with Gasteiger partial charge in [-0.2, -0.15) is 0 Å². The molecule has 14 heavy (non-hydrogen) atoms. The molecule has 0 aliphatic rings. The lowest BCUT2D eigenvalue weighted by molar-refractivity contribution is -0.299. The molecule has 0 aliphatic carbocycles. The molecule has 0 N–H and O–H groups in total. The maximum Gasteiger partial charge on any atom is 0.0678 e. The highest BCUT2D eigenvalue weighted by Crippen LogP contribution is 2.09. The van der Waals surface area contributed by atoms with Crippen LogP contribution in [0.1, 0.15) is 12.0 Å². The van der Waals surface area contributed by atoms with Crippen LogP contribution in [0.25, 0.3) is 6.08 Å². The van der Waals surface area contributed by atoms with E-state index in [1.165, 1.54) is 0 Å². The van der Waals surface area contributed by atoms with Crippen LogP contribution < -0.4 is 5.11 Å². The maximum atomic E-state index is 10.7. The van der Waals surface area contributed by atoms with Crippen molar-refractivity contribution in [2.24, 2.45) is 0 Å². The third-order valence-corrected chi connectivity index (χ3v) is 1.77. The standard InChI is InChI=1S/C12H12O2/c1-2-6-11(12(13)14)9-10-7-4-3-5-8-10/h2-5,7-9H,1,6H2,(H,13,14)/p-1/b11-9+. The molecule has 0 spiro atoms. The Morgan fingerprint density at radius 1 is 1.36 bits per heavy atom. The highest BCUT2D eigenvalue weighted by molar-refractivity contribution is 5.90. The summed E-state index contributed by atoms with van der Waals surface area (Å²) in [6.07, 6.45) is 3.46. The van der Waals surface area contributed by atoms with Gasteiger partial charge in [0, 0.05) is 0 Å². The summed E-state index contributed by atoms with van der Waals surface area (Å²) in [6.45, 7) is 3.49. The van der Waals surface area contributed by atoms with Gasteiger partial charge < -0.3 is 9.90 Å². The summed E-state index contributed by atoms with van der Waals surface area (Å²) in [5.74, 6) is -1.14. The van der Waals surface area contributed by atoms with Gasteiger partial charge >= 0.3 is 0 Å². The Hall–Kier alpha value is -1.83. The predicted molar refractivity (Wildman–Crippen MR) is 54.2 cm³/mol. The van der Waals surface area contributed by atoms with Crippen LogP contribution >= 0.6 is 0 Å². The minimum Gasteiger partial charge on any atom is -0.545 e. The molecule has 72 valence electrons. The Kier molecular flexibility index (Phi) is 3.68. The molecule has 0 radical (unpaired) electrons. The Labute approximate surface area is 83.2 Å². The molecule has 2 heteroatoms. The van der Waals surface area contributed by atoms with E-state index < -0.39 is 5.97 Å². The predicted octanol–water partition coefficient (Wildman–Crippen LogP) is 1.40. The van der Waals surface area contributed by atoms with Gasteiger partial charge in [0.15, 0.2) is 0 Å². The average Bonchev–Trinajstić information content (AvgIpc) is 2.18. The number of aliphatic carboxylic acids is 1. The molecule has 0 unspecified atom stereocenters. The fourth-order valence-corrected chi connectivity index (χ4v) is 1.11. The molecule has 1 aromatic carbocycles. The summed E-state index contributed by atoms with van der Waals surface area (Å²) in [5, 5.41) is 10.7. The monoisotopic (exact) mass is 187 g/mol. The van der Waals surface area contributed by atoms with Crippen molar-refractivity contribution < 1.29 is 9.90 Å². The van der Waals surface area contributed by atoms with Gasteiger partial charge in [-0.3, -0.25) is 0 Å². The first-order chi connectivity index (χ1) is 6.74. The molecular formula is C12H11O2-. The first-order valence-corrected chi connectivity index (χ1v) is 4.32. The third-order valence-electron chi connectivity index (χ3n) is 1.77. The lowest BCUT2D eigenvalue weighted by Crippen LogP contribution is -2.24. The molecule has 0 saturated carbocycles. The molecule has 0 fully saturated rings. The van der Waals surface area contributed by atoms with Gasteiger partial charge in [0.2, 0.25) is 0 Å². The van der Waals surface area contributed by atoms with E-state index in [0.29, 0.717) is 6.42 Å². The fourth-order valence-electron chi connectivity index (χ4n) is 1.11. The molecular weight excluding hydrogens is 176 g/mol. The second-order valence-electron chi connectivity index (χ2n) is 2.86. The quantitative estimate of drug-likeness (QED) is 0.528. The van der Waals surface area contributed by atoms with Crippen molar-refractivity contribution in [2.75, 3.05) is 0 Å². The summed E-state index contributed by atoms with van der Waals surface area (Å²) in [4.78, 5) is 10.7. The van der Waals surface area contributed by atoms with Gasteiger partial charge in [-0.1, -0.05) is 36.4 Å². The van der Waals surface area contributed by atoms with Crippen molar-refractivity contribution in [1.82, 2.24) is 0 Å². The van der Waals surface area contributed by atoms with Crippen LogP contribution in [-0.2, 0) is 4.79 Å². The smallest absolute Gasteiger partial charge is 0.0678 e. The molecule has 2 nitrogen and oxygen atoms in total. The first-order valence-electron chi connectivity index (χ1n) is 4.32. The molecule has 0 heterocycles. The Morgan fingerprint density at radius 3 is 2.50 bits per heavy atom. The molecule has 0 aromatic heterocycles. The van der Waals surface area contributed by atoms with Crippen molar-refractivity contribution in [1.29, 1.82) is 0 Å². The molecule has 0 amide bonds. The van der Waals surface area contributed by atoms with Crippen molar-refractivity contribution in [2.45, 2.75) is 6.42 Å². The summed E-state index contributed by atoms with van der Waals surface area (Å²) < 4.78 is 0. The Morgan fingerprint density at radius 2 is 2.00 bits per heavy atom. The van der Waals surface area contributed by atoms with E-state index in [1.54, 1.807) is 12.2 Å². The van der Waals surface area contributed by atoms with Crippen LogP contribution in [-0.4, -0.2) is 5.97 Å². The maximum absolute atomic E-state index is 10.7. The lowest BCUT2D eigenvalue weighted by Gasteiger charge is -2.05. The second kappa shape index (κ2) is 5.02. The summed E-state index contributed by atoms with van der Waals surface area (Å²) in [6, 6.07) is 9.26. The van der Waals surface area contributed by atoms with Crippen LogP contribution in [0, 0.1) is 0 Å². The summed E-state index contributed by atoms with van der Waals surface area (Å²) in [7, 11) is 0. The largest absolute Gasteiger partial charge is 0.545 e.